The van der Waals surface area contributed by atoms with E-state index in [1.807, 2.05) is 20.8 Å². The monoisotopic (exact) mass is 386 g/mol. The van der Waals surface area contributed by atoms with E-state index >= 15 is 0 Å². The number of carbonyl (C=O) groups excluding carboxylic acids is 2. The minimum absolute atomic E-state index is 0.172. The molecule has 1 saturated heterocycles. The van der Waals surface area contributed by atoms with Gasteiger partial charge >= 0.3 is 0 Å². The highest BCUT2D eigenvalue weighted by Crippen LogP contribution is 2.18. The van der Waals surface area contributed by atoms with Crippen LogP contribution in [0.3, 0.4) is 0 Å². The summed E-state index contributed by atoms with van der Waals surface area (Å²) in [6, 6.07) is -0.655. The largest absolute Gasteiger partial charge is 0.387 e. The third-order valence-electron chi connectivity index (χ3n) is 4.41. The van der Waals surface area contributed by atoms with Crippen molar-refractivity contribution in [3.8, 4) is 0 Å². The lowest BCUT2D eigenvalue weighted by atomic mass is 9.94. The molecule has 4 N–H and O–H groups in total. The Morgan fingerprint density at radius 1 is 1.26 bits per heavy atom. The van der Waals surface area contributed by atoms with Gasteiger partial charge in [-0.1, -0.05) is 32.9 Å². The molecule has 0 bridgehead atoms. The molecule has 0 unspecified atom stereocenters. The molecule has 0 radical (unpaired) electrons. The summed E-state index contributed by atoms with van der Waals surface area (Å²) in [5, 5.41) is 26.1. The fourth-order valence-corrected chi connectivity index (χ4v) is 2.86. The number of allylic oxidation sites excluding steroid dienone is 1. The molecule has 1 heterocycles. The highest BCUT2D eigenvalue weighted by atomic mass is 16.5. The van der Waals surface area contributed by atoms with Crippen LogP contribution in [0.4, 0.5) is 0 Å². The van der Waals surface area contributed by atoms with Gasteiger partial charge < -0.3 is 30.3 Å². The predicted octanol–water partition coefficient (Wildman–Crippen LogP) is 0.125. The molecule has 0 aromatic heterocycles. The van der Waals surface area contributed by atoms with Gasteiger partial charge in [0.05, 0.1) is 0 Å². The molecule has 1 aliphatic heterocycles. The van der Waals surface area contributed by atoms with Gasteiger partial charge in [-0.25, -0.2) is 0 Å². The van der Waals surface area contributed by atoms with Crippen LogP contribution in [0, 0.1) is 5.41 Å². The number of carbonyl (C=O) groups is 2. The summed E-state index contributed by atoms with van der Waals surface area (Å²) in [4.78, 5) is 24.7. The number of aliphatic hydroxyl groups is 2. The number of hydrogen-bond acceptors (Lipinski definition) is 6. The van der Waals surface area contributed by atoms with Gasteiger partial charge in [-0.15, -0.1) is 0 Å². The molecule has 0 spiro atoms. The smallest absolute Gasteiger partial charge is 0.252 e. The zero-order valence-corrected chi connectivity index (χ0v) is 16.9. The Hall–Kier alpha value is -1.48. The van der Waals surface area contributed by atoms with Crippen molar-refractivity contribution in [3.63, 3.8) is 0 Å². The van der Waals surface area contributed by atoms with Crippen LogP contribution in [0.25, 0.3) is 0 Å². The summed E-state index contributed by atoms with van der Waals surface area (Å²) in [5.41, 5.74) is -0.172. The van der Waals surface area contributed by atoms with Gasteiger partial charge in [0.25, 0.3) is 5.91 Å². The fourth-order valence-electron chi connectivity index (χ4n) is 2.86. The van der Waals surface area contributed by atoms with E-state index in [1.165, 1.54) is 20.3 Å². The van der Waals surface area contributed by atoms with E-state index in [0.29, 0.717) is 13.0 Å². The van der Waals surface area contributed by atoms with Crippen LogP contribution in [0.2, 0.25) is 0 Å². The van der Waals surface area contributed by atoms with E-state index in [4.69, 9.17) is 9.47 Å². The molecule has 0 aliphatic carbocycles. The Kier molecular flexibility index (Phi) is 9.38. The van der Waals surface area contributed by atoms with Crippen molar-refractivity contribution in [1.82, 2.24) is 10.6 Å². The van der Waals surface area contributed by atoms with Crippen LogP contribution in [0.5, 0.6) is 0 Å². The van der Waals surface area contributed by atoms with E-state index in [1.54, 1.807) is 6.08 Å². The van der Waals surface area contributed by atoms with Gasteiger partial charge in [-0.05, 0) is 24.7 Å². The number of hydrogen-bond donors (Lipinski definition) is 4. The number of amides is 2. The van der Waals surface area contributed by atoms with Crippen molar-refractivity contribution in [2.24, 2.45) is 5.41 Å². The first kappa shape index (κ1) is 23.6. The molecule has 1 aliphatic rings. The first-order chi connectivity index (χ1) is 12.6. The average Bonchev–Trinajstić information content (AvgIpc) is 2.80. The van der Waals surface area contributed by atoms with E-state index in [9.17, 15) is 19.8 Å². The summed E-state index contributed by atoms with van der Waals surface area (Å²) in [5.74, 6) is -0.809. The number of nitrogens with one attached hydrogen (secondary N) is 2. The van der Waals surface area contributed by atoms with Gasteiger partial charge in [0.15, 0.2) is 6.10 Å². The molecular weight excluding hydrogens is 352 g/mol. The van der Waals surface area contributed by atoms with Crippen LogP contribution < -0.4 is 10.6 Å². The van der Waals surface area contributed by atoms with E-state index < -0.39 is 36.4 Å². The minimum atomic E-state index is -1.38. The standard InChI is InChI=1S/C19H34N2O6/c1-19(2,3)10-9-13(22)14(23)15(26-4)16(27-5)18(25)21-12-8-6-7-11-20-17(12)24/h9-10,12-16,22-23H,6-8,11H2,1-5H3,(H,20,24)(H,21,25)/t12-,13+,14-,15+,16+/m0/s1. The van der Waals surface area contributed by atoms with E-state index in [0.717, 1.165) is 12.8 Å². The SMILES string of the molecule is CO[C@H]([C@@H](O)[C@H](O)C=CC(C)(C)C)[C@@H](OC)C(=O)N[C@H]1CCCCNC1=O. The molecule has 0 aromatic carbocycles. The second-order valence-electron chi connectivity index (χ2n) is 7.91. The number of ether oxygens (including phenoxy) is 2. The van der Waals surface area contributed by atoms with Crippen molar-refractivity contribution in [3.05, 3.63) is 12.2 Å². The molecule has 0 saturated carbocycles. The molecule has 2 amide bonds. The summed E-state index contributed by atoms with van der Waals surface area (Å²) in [6.07, 6.45) is 0.539. The Bertz CT molecular complexity index is 517. The van der Waals surface area contributed by atoms with Crippen LogP contribution >= 0.6 is 0 Å². The molecule has 0 aromatic rings. The first-order valence-corrected chi connectivity index (χ1v) is 9.30. The molecule has 5 atom stereocenters. The lowest BCUT2D eigenvalue weighted by Gasteiger charge is -2.30. The summed E-state index contributed by atoms with van der Waals surface area (Å²) < 4.78 is 10.5. The average molecular weight is 386 g/mol. The Morgan fingerprint density at radius 2 is 1.93 bits per heavy atom. The highest BCUT2D eigenvalue weighted by Gasteiger charge is 2.38. The molecule has 156 valence electrons. The lowest BCUT2D eigenvalue weighted by molar-refractivity contribution is -0.155. The fraction of sp³-hybridized carbons (Fsp3) is 0.789. The molecule has 1 fully saturated rings. The zero-order valence-electron chi connectivity index (χ0n) is 16.9. The van der Waals surface area contributed by atoms with E-state index in [-0.39, 0.29) is 11.3 Å². The lowest BCUT2D eigenvalue weighted by Crippen LogP contribution is -2.56. The maximum absolute atomic E-state index is 12.6. The normalized spacial score (nSPS) is 23.2. The third kappa shape index (κ3) is 7.57. The van der Waals surface area contributed by atoms with Gasteiger partial charge in [-0.2, -0.15) is 0 Å². The number of methoxy groups -OCH3 is 2. The minimum Gasteiger partial charge on any atom is -0.387 e. The topological polar surface area (TPSA) is 117 Å². The summed E-state index contributed by atoms with van der Waals surface area (Å²) in [6.45, 7) is 6.46. The Labute approximate surface area is 161 Å². The van der Waals surface area contributed by atoms with Gasteiger partial charge in [0, 0.05) is 20.8 Å². The third-order valence-corrected chi connectivity index (χ3v) is 4.41. The molecule has 27 heavy (non-hydrogen) atoms. The highest BCUT2D eigenvalue weighted by molar-refractivity contribution is 5.89. The van der Waals surface area contributed by atoms with E-state index in [2.05, 4.69) is 10.6 Å². The summed E-state index contributed by atoms with van der Waals surface area (Å²) >= 11 is 0. The van der Waals surface area contributed by atoms with Crippen molar-refractivity contribution < 1.29 is 29.3 Å². The van der Waals surface area contributed by atoms with Crippen LogP contribution in [0.15, 0.2) is 12.2 Å². The second-order valence-corrected chi connectivity index (χ2v) is 7.91. The Morgan fingerprint density at radius 3 is 2.48 bits per heavy atom. The molecule has 8 nitrogen and oxygen atoms in total. The summed E-state index contributed by atoms with van der Waals surface area (Å²) in [7, 11) is 2.64. The van der Waals surface area contributed by atoms with Crippen molar-refractivity contribution in [2.45, 2.75) is 70.5 Å². The first-order valence-electron chi connectivity index (χ1n) is 9.30. The van der Waals surface area contributed by atoms with Gasteiger partial charge in [-0.3, -0.25) is 9.59 Å². The van der Waals surface area contributed by atoms with Crippen LogP contribution in [-0.4, -0.2) is 73.2 Å². The maximum atomic E-state index is 12.6. The predicted molar refractivity (Wildman–Crippen MR) is 101 cm³/mol. The Balaban J connectivity index is 2.83. The van der Waals surface area contributed by atoms with Crippen molar-refractivity contribution in [1.29, 1.82) is 0 Å². The van der Waals surface area contributed by atoms with Crippen LogP contribution in [0.1, 0.15) is 40.0 Å². The zero-order chi connectivity index (χ0) is 20.6. The molecule has 1 rings (SSSR count). The quantitative estimate of drug-likeness (QED) is 0.441. The van der Waals surface area contributed by atoms with Gasteiger partial charge in [0.2, 0.25) is 5.91 Å². The van der Waals surface area contributed by atoms with Crippen LogP contribution in [-0.2, 0) is 19.1 Å². The maximum Gasteiger partial charge on any atom is 0.252 e. The van der Waals surface area contributed by atoms with Crippen molar-refractivity contribution in [2.75, 3.05) is 20.8 Å². The number of aliphatic hydroxyl groups excluding tert-OH is 2. The second kappa shape index (κ2) is 10.8. The number of rotatable bonds is 8. The van der Waals surface area contributed by atoms with Crippen molar-refractivity contribution >= 4 is 11.8 Å². The molecular formula is C19H34N2O6. The molecule has 8 heteroatoms. The van der Waals surface area contributed by atoms with Gasteiger partial charge in [0.1, 0.15) is 24.4 Å².